The molecule has 0 aromatic heterocycles. The summed E-state index contributed by atoms with van der Waals surface area (Å²) in [4.78, 5) is 12.9. The highest BCUT2D eigenvalue weighted by Crippen LogP contribution is 2.32. The Morgan fingerprint density at radius 1 is 1.33 bits per heavy atom. The molecule has 0 radical (unpaired) electrons. The molecule has 21 heavy (non-hydrogen) atoms. The second-order valence-electron chi connectivity index (χ2n) is 5.46. The minimum Gasteiger partial charge on any atom is -0.392 e. The van der Waals surface area contributed by atoms with Crippen LogP contribution in [0, 0.1) is 5.41 Å². The van der Waals surface area contributed by atoms with Crippen molar-refractivity contribution < 1.29 is 9.53 Å². The number of benzene rings is 1. The van der Waals surface area contributed by atoms with E-state index in [1.807, 2.05) is 24.3 Å². The van der Waals surface area contributed by atoms with Gasteiger partial charge in [0.25, 0.3) is 0 Å². The van der Waals surface area contributed by atoms with Crippen LogP contribution in [-0.2, 0) is 16.0 Å². The van der Waals surface area contributed by atoms with Crippen LogP contribution in [0.4, 0.5) is 5.69 Å². The Morgan fingerprint density at radius 3 is 2.48 bits per heavy atom. The van der Waals surface area contributed by atoms with Gasteiger partial charge >= 0.3 is 0 Å². The normalized spacial score (nSPS) is 17.2. The lowest BCUT2D eigenvalue weighted by atomic mass is 9.79. The maximum Gasteiger partial charge on any atom is 0.237 e. The van der Waals surface area contributed by atoms with Crippen molar-refractivity contribution in [2.45, 2.75) is 32.6 Å². The van der Waals surface area contributed by atoms with E-state index in [0.29, 0.717) is 26.1 Å². The monoisotopic (exact) mass is 306 g/mol. The van der Waals surface area contributed by atoms with Crippen LogP contribution in [0.1, 0.15) is 31.7 Å². The van der Waals surface area contributed by atoms with Gasteiger partial charge in [-0.3, -0.25) is 4.79 Å². The van der Waals surface area contributed by atoms with E-state index in [9.17, 15) is 4.79 Å². The Kier molecular flexibility index (Phi) is 5.31. The Hall–Kier alpha value is -1.46. The van der Waals surface area contributed by atoms with Gasteiger partial charge < -0.3 is 15.8 Å². The first kappa shape index (κ1) is 15.9. The molecule has 114 valence electrons. The number of aryl methyl sites for hydroxylation is 1. The average Bonchev–Trinajstić information content (AvgIpc) is 2.50. The van der Waals surface area contributed by atoms with Crippen LogP contribution < -0.4 is 11.1 Å². The van der Waals surface area contributed by atoms with Gasteiger partial charge in [-0.2, -0.15) is 0 Å². The van der Waals surface area contributed by atoms with Crippen LogP contribution in [0.3, 0.4) is 0 Å². The van der Waals surface area contributed by atoms with Gasteiger partial charge in [-0.1, -0.05) is 37.7 Å². The molecule has 5 heteroatoms. The Morgan fingerprint density at radius 2 is 1.95 bits per heavy atom. The molecule has 0 saturated carbocycles. The van der Waals surface area contributed by atoms with Crippen LogP contribution in [0.25, 0.3) is 0 Å². The molecular formula is C16H22N2O2S. The van der Waals surface area contributed by atoms with E-state index in [-0.39, 0.29) is 10.9 Å². The smallest absolute Gasteiger partial charge is 0.237 e. The third-order valence-electron chi connectivity index (χ3n) is 4.00. The Labute approximate surface area is 131 Å². The molecule has 0 spiro atoms. The number of hydrogen-bond donors (Lipinski definition) is 2. The average molecular weight is 306 g/mol. The zero-order chi connectivity index (χ0) is 15.3. The lowest BCUT2D eigenvalue weighted by Gasteiger charge is -2.34. The maximum atomic E-state index is 12.6. The SMILES string of the molecule is CCCc1ccc(NC(=O)C2(C(N)=S)CCOCC2)cc1. The third kappa shape index (κ3) is 3.60. The zero-order valence-corrected chi connectivity index (χ0v) is 13.2. The predicted molar refractivity (Wildman–Crippen MR) is 88.3 cm³/mol. The minimum absolute atomic E-state index is 0.124. The first-order valence-electron chi connectivity index (χ1n) is 7.36. The van der Waals surface area contributed by atoms with Crippen LogP contribution >= 0.6 is 12.2 Å². The Balaban J connectivity index is 2.09. The molecule has 1 aliphatic rings. The van der Waals surface area contributed by atoms with Gasteiger partial charge in [0.05, 0.1) is 4.99 Å². The molecule has 0 unspecified atom stereocenters. The standard InChI is InChI=1S/C16H22N2O2S/c1-2-3-12-4-6-13(7-5-12)18-15(19)16(14(17)21)8-10-20-11-9-16/h4-7H,2-3,8-11H2,1H3,(H2,17,21)(H,18,19). The highest BCUT2D eigenvalue weighted by Gasteiger charge is 2.42. The van der Waals surface area contributed by atoms with Crippen molar-refractivity contribution in [3.05, 3.63) is 29.8 Å². The van der Waals surface area contributed by atoms with Crippen molar-refractivity contribution in [2.75, 3.05) is 18.5 Å². The van der Waals surface area contributed by atoms with Gasteiger partial charge in [0, 0.05) is 18.9 Å². The van der Waals surface area contributed by atoms with E-state index in [4.69, 9.17) is 22.7 Å². The molecule has 0 aliphatic carbocycles. The van der Waals surface area contributed by atoms with Crippen molar-refractivity contribution >= 4 is 28.8 Å². The van der Waals surface area contributed by atoms with Crippen LogP contribution in [0.5, 0.6) is 0 Å². The number of nitrogens with one attached hydrogen (secondary N) is 1. The van der Waals surface area contributed by atoms with Gasteiger partial charge in [-0.05, 0) is 37.0 Å². The summed E-state index contributed by atoms with van der Waals surface area (Å²) in [6.45, 7) is 3.17. The minimum atomic E-state index is -0.782. The van der Waals surface area contributed by atoms with Gasteiger partial charge in [0.1, 0.15) is 5.41 Å². The van der Waals surface area contributed by atoms with Crippen molar-refractivity contribution in [3.8, 4) is 0 Å². The fraction of sp³-hybridized carbons (Fsp3) is 0.500. The number of anilines is 1. The molecule has 0 atom stereocenters. The topological polar surface area (TPSA) is 64.4 Å². The van der Waals surface area contributed by atoms with E-state index in [1.54, 1.807) is 0 Å². The molecule has 2 rings (SSSR count). The van der Waals surface area contributed by atoms with Crippen LogP contribution in [-0.4, -0.2) is 24.1 Å². The number of nitrogens with two attached hydrogens (primary N) is 1. The summed E-state index contributed by atoms with van der Waals surface area (Å²) in [6.07, 6.45) is 3.24. The molecule has 1 aromatic carbocycles. The molecule has 1 aromatic rings. The third-order valence-corrected chi connectivity index (χ3v) is 4.39. The van der Waals surface area contributed by atoms with E-state index in [0.717, 1.165) is 18.5 Å². The molecule has 1 aliphatic heterocycles. The number of hydrogen-bond acceptors (Lipinski definition) is 3. The van der Waals surface area contributed by atoms with Gasteiger partial charge in [-0.25, -0.2) is 0 Å². The summed E-state index contributed by atoms with van der Waals surface area (Å²) >= 11 is 5.14. The summed E-state index contributed by atoms with van der Waals surface area (Å²) in [7, 11) is 0. The van der Waals surface area contributed by atoms with E-state index in [2.05, 4.69) is 12.2 Å². The van der Waals surface area contributed by atoms with Crippen molar-refractivity contribution in [3.63, 3.8) is 0 Å². The van der Waals surface area contributed by atoms with Crippen molar-refractivity contribution in [1.82, 2.24) is 0 Å². The molecule has 0 bridgehead atoms. The lowest BCUT2D eigenvalue weighted by Crippen LogP contribution is -2.49. The molecule has 1 saturated heterocycles. The Bertz CT molecular complexity index is 508. The first-order valence-corrected chi connectivity index (χ1v) is 7.77. The maximum absolute atomic E-state index is 12.6. The van der Waals surface area contributed by atoms with Crippen molar-refractivity contribution in [1.29, 1.82) is 0 Å². The summed E-state index contributed by atoms with van der Waals surface area (Å²) < 4.78 is 5.32. The second-order valence-corrected chi connectivity index (χ2v) is 5.90. The summed E-state index contributed by atoms with van der Waals surface area (Å²) in [6, 6.07) is 7.93. The quantitative estimate of drug-likeness (QED) is 0.821. The van der Waals surface area contributed by atoms with Crippen molar-refractivity contribution in [2.24, 2.45) is 11.1 Å². The highest BCUT2D eigenvalue weighted by atomic mass is 32.1. The number of rotatable bonds is 5. The van der Waals surface area contributed by atoms with Crippen LogP contribution in [0.15, 0.2) is 24.3 Å². The van der Waals surface area contributed by atoms with E-state index >= 15 is 0 Å². The van der Waals surface area contributed by atoms with Gasteiger partial charge in [0.2, 0.25) is 5.91 Å². The fourth-order valence-electron chi connectivity index (χ4n) is 2.60. The summed E-state index contributed by atoms with van der Waals surface area (Å²) in [5.74, 6) is -0.124. The molecule has 4 nitrogen and oxygen atoms in total. The van der Waals surface area contributed by atoms with Gasteiger partial charge in [0.15, 0.2) is 0 Å². The first-order chi connectivity index (χ1) is 10.1. The fourth-order valence-corrected chi connectivity index (χ4v) is 2.90. The zero-order valence-electron chi connectivity index (χ0n) is 12.4. The van der Waals surface area contributed by atoms with E-state index < -0.39 is 5.41 Å². The number of thiocarbonyl (C=S) groups is 1. The molecular weight excluding hydrogens is 284 g/mol. The van der Waals surface area contributed by atoms with E-state index in [1.165, 1.54) is 5.56 Å². The van der Waals surface area contributed by atoms with Crippen LogP contribution in [0.2, 0.25) is 0 Å². The van der Waals surface area contributed by atoms with Gasteiger partial charge in [-0.15, -0.1) is 0 Å². The highest BCUT2D eigenvalue weighted by molar-refractivity contribution is 7.80. The molecule has 3 N–H and O–H groups in total. The largest absolute Gasteiger partial charge is 0.392 e. The predicted octanol–water partition coefficient (Wildman–Crippen LogP) is 2.66. The number of carbonyl (C=O) groups is 1. The number of carbonyl (C=O) groups excluding carboxylic acids is 1. The molecule has 1 fully saturated rings. The summed E-state index contributed by atoms with van der Waals surface area (Å²) in [5, 5.41) is 2.94. The molecule has 1 amide bonds. The number of ether oxygens (including phenoxy) is 1. The lowest BCUT2D eigenvalue weighted by molar-refractivity contribution is -0.126. The molecule has 1 heterocycles. The second kappa shape index (κ2) is 7.00. The summed E-state index contributed by atoms with van der Waals surface area (Å²) in [5.41, 5.74) is 7.10. The number of amides is 1.